The molecule has 1 heteroatoms. The van der Waals surface area contributed by atoms with Gasteiger partial charge in [0.05, 0.1) is 6.07 Å². The number of rotatable bonds is 2. The molecule has 1 nitrogen and oxygen atoms in total. The summed E-state index contributed by atoms with van der Waals surface area (Å²) in [5.41, 5.74) is 0.992. The van der Waals surface area contributed by atoms with E-state index in [1.165, 1.54) is 0 Å². The lowest BCUT2D eigenvalue weighted by atomic mass is 9.88. The van der Waals surface area contributed by atoms with Crippen LogP contribution < -0.4 is 0 Å². The maximum atomic E-state index is 8.48. The van der Waals surface area contributed by atoms with E-state index in [-0.39, 0.29) is 5.41 Å². The molecule has 0 aliphatic rings. The van der Waals surface area contributed by atoms with Gasteiger partial charge in [-0.2, -0.15) is 5.26 Å². The van der Waals surface area contributed by atoms with E-state index in [1.54, 1.807) is 0 Å². The Balaban J connectivity index is 4.27. The van der Waals surface area contributed by atoms with Crippen LogP contribution in [0.4, 0.5) is 0 Å². The third-order valence-electron chi connectivity index (χ3n) is 1.69. The van der Waals surface area contributed by atoms with Crippen molar-refractivity contribution < 1.29 is 0 Å². The van der Waals surface area contributed by atoms with Crippen LogP contribution in [0.15, 0.2) is 11.6 Å². The Morgan fingerprint density at radius 2 is 2.10 bits per heavy atom. The molecule has 0 aliphatic carbocycles. The van der Waals surface area contributed by atoms with E-state index >= 15 is 0 Å². The number of nitriles is 1. The molecule has 0 radical (unpaired) electrons. The summed E-state index contributed by atoms with van der Waals surface area (Å²) < 4.78 is 0. The first-order chi connectivity index (χ1) is 4.52. The van der Waals surface area contributed by atoms with Gasteiger partial charge in [-0.15, -0.1) is 0 Å². The Kier molecular flexibility index (Phi) is 3.15. The van der Waals surface area contributed by atoms with E-state index in [4.69, 9.17) is 5.26 Å². The van der Waals surface area contributed by atoms with E-state index in [1.807, 2.05) is 13.0 Å². The molecule has 0 spiro atoms. The predicted octanol–water partition coefficient (Wildman–Crippen LogP) is 2.89. The van der Waals surface area contributed by atoms with E-state index in [0.29, 0.717) is 0 Å². The standard InChI is InChI=1S/C9H15N/c1-5-9(3,4)6-8(2)7-10/h6H,5H2,1-4H3/b8-6+. The van der Waals surface area contributed by atoms with Gasteiger partial charge in [0.2, 0.25) is 0 Å². The van der Waals surface area contributed by atoms with Crippen molar-refractivity contribution in [3.8, 4) is 6.07 Å². The normalized spacial score (nSPS) is 12.9. The molecule has 0 aromatic rings. The van der Waals surface area contributed by atoms with Gasteiger partial charge in [-0.05, 0) is 18.8 Å². The molecule has 0 atom stereocenters. The summed E-state index contributed by atoms with van der Waals surface area (Å²) in [7, 11) is 0. The van der Waals surface area contributed by atoms with Gasteiger partial charge in [-0.3, -0.25) is 0 Å². The van der Waals surface area contributed by atoms with Crippen LogP contribution in [0.2, 0.25) is 0 Å². The highest BCUT2D eigenvalue weighted by Gasteiger charge is 2.10. The van der Waals surface area contributed by atoms with E-state index in [0.717, 1.165) is 12.0 Å². The van der Waals surface area contributed by atoms with Crippen LogP contribution in [0.1, 0.15) is 34.1 Å². The largest absolute Gasteiger partial charge is 0.193 e. The van der Waals surface area contributed by atoms with Gasteiger partial charge in [0.25, 0.3) is 0 Å². The Bertz CT molecular complexity index is 170. The molecule has 0 bridgehead atoms. The molecule has 0 saturated carbocycles. The lowest BCUT2D eigenvalue weighted by Crippen LogP contribution is -2.05. The second kappa shape index (κ2) is 3.41. The van der Waals surface area contributed by atoms with Crippen LogP contribution in [-0.4, -0.2) is 0 Å². The fourth-order valence-electron chi connectivity index (χ4n) is 0.720. The molecule has 0 amide bonds. The zero-order valence-electron chi connectivity index (χ0n) is 7.23. The van der Waals surface area contributed by atoms with Crippen LogP contribution in [0, 0.1) is 16.7 Å². The van der Waals surface area contributed by atoms with E-state index in [9.17, 15) is 0 Å². The summed E-state index contributed by atoms with van der Waals surface area (Å²) >= 11 is 0. The van der Waals surface area contributed by atoms with Crippen molar-refractivity contribution in [2.75, 3.05) is 0 Å². The van der Waals surface area contributed by atoms with Crippen molar-refractivity contribution in [3.63, 3.8) is 0 Å². The molecule has 0 aliphatic heterocycles. The third-order valence-corrected chi connectivity index (χ3v) is 1.69. The molecule has 0 rings (SSSR count). The first kappa shape index (κ1) is 9.23. The van der Waals surface area contributed by atoms with Crippen LogP contribution >= 0.6 is 0 Å². The minimum Gasteiger partial charge on any atom is -0.193 e. The maximum absolute atomic E-state index is 8.48. The highest BCUT2D eigenvalue weighted by atomic mass is 14.2. The first-order valence-electron chi connectivity index (χ1n) is 3.61. The first-order valence-corrected chi connectivity index (χ1v) is 3.61. The number of hydrogen-bond donors (Lipinski definition) is 0. The van der Waals surface area contributed by atoms with Gasteiger partial charge in [0, 0.05) is 5.57 Å². The monoisotopic (exact) mass is 137 g/mol. The summed E-state index contributed by atoms with van der Waals surface area (Å²) in [4.78, 5) is 0. The average molecular weight is 137 g/mol. The Labute approximate surface area is 63.4 Å². The minimum absolute atomic E-state index is 0.180. The quantitative estimate of drug-likeness (QED) is 0.537. The van der Waals surface area contributed by atoms with Crippen molar-refractivity contribution in [2.24, 2.45) is 5.41 Å². The molecular formula is C9H15N. The van der Waals surface area contributed by atoms with Gasteiger partial charge in [-0.1, -0.05) is 26.8 Å². The van der Waals surface area contributed by atoms with Crippen LogP contribution in [0.5, 0.6) is 0 Å². The summed E-state index contributed by atoms with van der Waals surface area (Å²) in [6, 6.07) is 2.12. The van der Waals surface area contributed by atoms with Crippen molar-refractivity contribution in [2.45, 2.75) is 34.1 Å². The average Bonchev–Trinajstić information content (AvgIpc) is 1.87. The molecule has 0 aromatic carbocycles. The number of allylic oxidation sites excluding steroid dienone is 2. The minimum atomic E-state index is 0.180. The molecule has 0 aromatic heterocycles. The van der Waals surface area contributed by atoms with Crippen molar-refractivity contribution in [1.29, 1.82) is 5.26 Å². The fraction of sp³-hybridized carbons (Fsp3) is 0.667. The van der Waals surface area contributed by atoms with Gasteiger partial charge >= 0.3 is 0 Å². The number of nitrogens with zero attached hydrogens (tertiary/aromatic N) is 1. The second-order valence-corrected chi connectivity index (χ2v) is 3.28. The summed E-state index contributed by atoms with van der Waals surface area (Å²) in [5.74, 6) is 0. The fourth-order valence-corrected chi connectivity index (χ4v) is 0.720. The molecular weight excluding hydrogens is 122 g/mol. The van der Waals surface area contributed by atoms with Crippen LogP contribution in [-0.2, 0) is 0 Å². The lowest BCUT2D eigenvalue weighted by Gasteiger charge is -2.16. The molecule has 0 unspecified atom stereocenters. The van der Waals surface area contributed by atoms with Gasteiger partial charge in [-0.25, -0.2) is 0 Å². The molecule has 0 heterocycles. The Morgan fingerprint density at radius 3 is 2.40 bits per heavy atom. The summed E-state index contributed by atoms with van der Waals surface area (Å²) in [6.07, 6.45) is 3.10. The topological polar surface area (TPSA) is 23.8 Å². The van der Waals surface area contributed by atoms with Crippen molar-refractivity contribution >= 4 is 0 Å². The highest BCUT2D eigenvalue weighted by molar-refractivity contribution is 5.19. The number of hydrogen-bond acceptors (Lipinski definition) is 1. The maximum Gasteiger partial charge on any atom is 0.0940 e. The molecule has 0 saturated heterocycles. The van der Waals surface area contributed by atoms with Gasteiger partial charge in [0.15, 0.2) is 0 Å². The van der Waals surface area contributed by atoms with Crippen molar-refractivity contribution in [1.82, 2.24) is 0 Å². The predicted molar refractivity (Wildman–Crippen MR) is 43.4 cm³/mol. The van der Waals surface area contributed by atoms with Gasteiger partial charge < -0.3 is 0 Å². The summed E-state index contributed by atoms with van der Waals surface area (Å²) in [6.45, 7) is 8.24. The second-order valence-electron chi connectivity index (χ2n) is 3.28. The Morgan fingerprint density at radius 1 is 1.60 bits per heavy atom. The third kappa shape index (κ3) is 3.29. The SMILES string of the molecule is CCC(C)(C)/C=C(\C)C#N. The van der Waals surface area contributed by atoms with Crippen molar-refractivity contribution in [3.05, 3.63) is 11.6 Å². The van der Waals surface area contributed by atoms with Crippen LogP contribution in [0.25, 0.3) is 0 Å². The smallest absolute Gasteiger partial charge is 0.0940 e. The zero-order valence-corrected chi connectivity index (χ0v) is 7.23. The van der Waals surface area contributed by atoms with Crippen LogP contribution in [0.3, 0.4) is 0 Å². The highest BCUT2D eigenvalue weighted by Crippen LogP contribution is 2.22. The lowest BCUT2D eigenvalue weighted by molar-refractivity contribution is 0.460. The molecule has 10 heavy (non-hydrogen) atoms. The molecule has 0 N–H and O–H groups in total. The molecule has 0 fully saturated rings. The Hall–Kier alpha value is -0.770. The zero-order chi connectivity index (χ0) is 8.20. The molecule has 56 valence electrons. The summed E-state index contributed by atoms with van der Waals surface area (Å²) in [5, 5.41) is 8.48. The van der Waals surface area contributed by atoms with E-state index in [2.05, 4.69) is 26.8 Å². The van der Waals surface area contributed by atoms with E-state index < -0.39 is 0 Å². The van der Waals surface area contributed by atoms with Gasteiger partial charge in [0.1, 0.15) is 0 Å².